The fraction of sp³-hybridized carbons (Fsp3) is 0.300. The van der Waals surface area contributed by atoms with E-state index < -0.39 is 6.09 Å². The first-order valence-electron chi connectivity index (χ1n) is 8.91. The van der Waals surface area contributed by atoms with Crippen LogP contribution >= 0.6 is 0 Å². The molecule has 0 unspecified atom stereocenters. The van der Waals surface area contributed by atoms with Gasteiger partial charge in [0.2, 0.25) is 0 Å². The third kappa shape index (κ3) is 3.96. The fourth-order valence-electron chi connectivity index (χ4n) is 2.86. The van der Waals surface area contributed by atoms with Gasteiger partial charge < -0.3 is 5.32 Å². The second kappa shape index (κ2) is 8.38. The Labute approximate surface area is 151 Å². The summed E-state index contributed by atoms with van der Waals surface area (Å²) in [4.78, 5) is 31.2. The van der Waals surface area contributed by atoms with Crippen LogP contribution in [0, 0.1) is 0 Å². The molecule has 1 N–H and O–H groups in total. The van der Waals surface area contributed by atoms with Crippen LogP contribution in [0.2, 0.25) is 0 Å². The van der Waals surface area contributed by atoms with Crippen LogP contribution in [-0.2, 0) is 6.54 Å². The number of benzene rings is 2. The number of fused-ring (bicyclic) bond motifs is 1. The molecule has 6 nitrogen and oxygen atoms in total. The van der Waals surface area contributed by atoms with Crippen molar-refractivity contribution in [3.63, 3.8) is 0 Å². The van der Waals surface area contributed by atoms with Crippen LogP contribution in [0.1, 0.15) is 31.7 Å². The van der Waals surface area contributed by atoms with Crippen LogP contribution in [0.5, 0.6) is 0 Å². The van der Waals surface area contributed by atoms with Gasteiger partial charge in [-0.15, -0.1) is 0 Å². The number of carbonyl (C=O) groups excluding carboxylic acids is 1. The average molecular weight is 353 g/mol. The third-order valence-corrected chi connectivity index (χ3v) is 4.20. The maximum atomic E-state index is 12.7. The van der Waals surface area contributed by atoms with Crippen LogP contribution in [0.25, 0.3) is 10.9 Å². The summed E-state index contributed by atoms with van der Waals surface area (Å²) in [5.41, 5.74) is 1.38. The second-order valence-electron chi connectivity index (χ2n) is 6.15. The first-order chi connectivity index (χ1) is 12.7. The zero-order valence-electron chi connectivity index (χ0n) is 14.9. The molecule has 3 rings (SSSR count). The van der Waals surface area contributed by atoms with Crippen molar-refractivity contribution in [1.82, 2.24) is 14.8 Å². The van der Waals surface area contributed by atoms with Crippen LogP contribution in [0.4, 0.5) is 4.79 Å². The lowest BCUT2D eigenvalue weighted by Crippen LogP contribution is -2.39. The number of nitrogens with zero attached hydrogens (tertiary/aromatic N) is 2. The van der Waals surface area contributed by atoms with Gasteiger partial charge in [0, 0.05) is 6.54 Å². The number of rotatable bonds is 7. The number of hydrogen-bond donors (Lipinski definition) is 1. The van der Waals surface area contributed by atoms with E-state index in [1.54, 1.807) is 16.8 Å². The number of hydrogen-bond acceptors (Lipinski definition) is 3. The zero-order valence-corrected chi connectivity index (χ0v) is 14.9. The minimum atomic E-state index is -0.625. The predicted octanol–water partition coefficient (Wildman–Crippen LogP) is 3.18. The van der Waals surface area contributed by atoms with Gasteiger partial charge in [0.05, 0.1) is 17.4 Å². The summed E-state index contributed by atoms with van der Waals surface area (Å²) in [6.45, 7) is 3.05. The molecule has 6 heteroatoms. The molecule has 0 fully saturated rings. The molecule has 0 atom stereocenters. The number of aromatic nitrogens is 2. The molecule has 1 heterocycles. The Morgan fingerprint density at radius 1 is 1.04 bits per heavy atom. The first kappa shape index (κ1) is 17.8. The van der Waals surface area contributed by atoms with Crippen molar-refractivity contribution < 1.29 is 9.63 Å². The number of para-hydroxylation sites is 1. The maximum Gasteiger partial charge on any atom is 0.433 e. The highest BCUT2D eigenvalue weighted by atomic mass is 16.7. The van der Waals surface area contributed by atoms with Crippen LogP contribution in [-0.4, -0.2) is 22.2 Å². The molecule has 0 saturated heterocycles. The number of carbonyl (C=O) groups is 1. The molecule has 3 aromatic rings. The maximum absolute atomic E-state index is 12.7. The van der Waals surface area contributed by atoms with E-state index in [1.807, 2.05) is 42.5 Å². The summed E-state index contributed by atoms with van der Waals surface area (Å²) in [7, 11) is 0. The molecule has 0 spiro atoms. The zero-order chi connectivity index (χ0) is 18.4. The first-order valence-corrected chi connectivity index (χ1v) is 8.91. The highest BCUT2D eigenvalue weighted by Crippen LogP contribution is 2.13. The van der Waals surface area contributed by atoms with Crippen LogP contribution in [0.15, 0.2) is 59.4 Å². The van der Waals surface area contributed by atoms with E-state index in [0.29, 0.717) is 18.5 Å². The van der Waals surface area contributed by atoms with E-state index in [1.165, 1.54) is 0 Å². The van der Waals surface area contributed by atoms with Crippen molar-refractivity contribution in [3.05, 3.63) is 70.5 Å². The summed E-state index contributed by atoms with van der Waals surface area (Å²) >= 11 is 0. The lowest BCUT2D eigenvalue weighted by Gasteiger charge is -2.12. The molecule has 1 amide bonds. The quantitative estimate of drug-likeness (QED) is 0.664. The molecule has 1 aromatic heterocycles. The summed E-state index contributed by atoms with van der Waals surface area (Å²) < 4.78 is 1.68. The van der Waals surface area contributed by atoms with E-state index in [4.69, 9.17) is 4.84 Å². The molecule has 0 radical (unpaired) electrons. The largest absolute Gasteiger partial charge is 0.433 e. The van der Waals surface area contributed by atoms with E-state index in [0.717, 1.165) is 35.2 Å². The van der Waals surface area contributed by atoms with Crippen molar-refractivity contribution in [2.45, 2.75) is 32.7 Å². The Bertz CT molecular complexity index is 928. The van der Waals surface area contributed by atoms with Crippen LogP contribution in [0.3, 0.4) is 0 Å². The molecule has 0 aliphatic carbocycles. The van der Waals surface area contributed by atoms with E-state index >= 15 is 0 Å². The van der Waals surface area contributed by atoms with Crippen molar-refractivity contribution in [3.8, 4) is 0 Å². The fourth-order valence-corrected chi connectivity index (χ4v) is 2.86. The smallest absolute Gasteiger partial charge is 0.320 e. The topological polar surface area (TPSA) is 65.3 Å². The molecule has 26 heavy (non-hydrogen) atoms. The molecular weight excluding hydrogens is 330 g/mol. The third-order valence-electron chi connectivity index (χ3n) is 4.20. The van der Waals surface area contributed by atoms with Gasteiger partial charge in [-0.2, -0.15) is 0 Å². The Hall–Kier alpha value is -3.02. The Morgan fingerprint density at radius 2 is 1.77 bits per heavy atom. The van der Waals surface area contributed by atoms with Crippen molar-refractivity contribution >= 4 is 17.0 Å². The molecule has 0 saturated carbocycles. The van der Waals surface area contributed by atoms with Gasteiger partial charge in [-0.1, -0.05) is 67.1 Å². The summed E-state index contributed by atoms with van der Waals surface area (Å²) in [5.74, 6) is 0. The van der Waals surface area contributed by atoms with E-state index in [9.17, 15) is 9.59 Å². The minimum absolute atomic E-state index is 0.347. The normalized spacial score (nSPS) is 10.8. The van der Waals surface area contributed by atoms with Gasteiger partial charge in [-0.05, 0) is 24.1 Å². The monoisotopic (exact) mass is 353 g/mol. The minimum Gasteiger partial charge on any atom is -0.320 e. The van der Waals surface area contributed by atoms with E-state index in [2.05, 4.69) is 12.2 Å². The van der Waals surface area contributed by atoms with Crippen LogP contribution < -0.4 is 15.7 Å². The highest BCUT2D eigenvalue weighted by Gasteiger charge is 2.16. The Kier molecular flexibility index (Phi) is 5.73. The standard InChI is InChI=1S/C20H23N3O3/c1-2-3-9-14-21-20(25)26-23-19(24)17-12-7-8-13-18(17)22(23)15-16-10-5-4-6-11-16/h4-8,10-13H,2-3,9,14-15H2,1H3,(H,21,25). The summed E-state index contributed by atoms with van der Waals surface area (Å²) in [6.07, 6.45) is 2.36. The number of amides is 1. The number of unbranched alkanes of at least 4 members (excludes halogenated alkanes) is 2. The van der Waals surface area contributed by atoms with Gasteiger partial charge in [-0.25, -0.2) is 9.48 Å². The average Bonchev–Trinajstić information content (AvgIpc) is 2.92. The second-order valence-corrected chi connectivity index (χ2v) is 6.15. The van der Waals surface area contributed by atoms with Gasteiger partial charge >= 0.3 is 11.7 Å². The van der Waals surface area contributed by atoms with Gasteiger partial charge in [0.15, 0.2) is 0 Å². The van der Waals surface area contributed by atoms with Gasteiger partial charge in [-0.3, -0.25) is 9.63 Å². The van der Waals surface area contributed by atoms with Gasteiger partial charge in [0.25, 0.3) is 0 Å². The number of nitrogens with one attached hydrogen (secondary N) is 1. The molecule has 0 aliphatic heterocycles. The predicted molar refractivity (Wildman–Crippen MR) is 101 cm³/mol. The molecule has 0 aliphatic rings. The Morgan fingerprint density at radius 3 is 2.54 bits per heavy atom. The van der Waals surface area contributed by atoms with Crippen molar-refractivity contribution in [2.24, 2.45) is 0 Å². The van der Waals surface area contributed by atoms with Crippen molar-refractivity contribution in [2.75, 3.05) is 6.54 Å². The summed E-state index contributed by atoms with van der Waals surface area (Å²) in [5, 5.41) is 3.21. The molecule has 0 bridgehead atoms. The van der Waals surface area contributed by atoms with Gasteiger partial charge in [0.1, 0.15) is 0 Å². The lowest BCUT2D eigenvalue weighted by atomic mass is 10.2. The highest BCUT2D eigenvalue weighted by molar-refractivity contribution is 5.78. The molecule has 136 valence electrons. The van der Waals surface area contributed by atoms with E-state index in [-0.39, 0.29) is 5.56 Å². The molecule has 2 aromatic carbocycles. The lowest BCUT2D eigenvalue weighted by molar-refractivity contribution is 0.0935. The Balaban J connectivity index is 1.88. The summed E-state index contributed by atoms with van der Waals surface area (Å²) in [6, 6.07) is 17.0. The SMILES string of the molecule is CCCCCNC(=O)On1c(=O)c2ccccc2n1Cc1ccccc1. The molecular formula is C20H23N3O3. The van der Waals surface area contributed by atoms with Crippen molar-refractivity contribution in [1.29, 1.82) is 0 Å².